The van der Waals surface area contributed by atoms with E-state index in [-0.39, 0.29) is 25.3 Å². The Hall–Kier alpha value is -1.77. The van der Waals surface area contributed by atoms with Gasteiger partial charge in [-0.05, 0) is 11.4 Å². The molecule has 0 saturated carbocycles. The molecule has 1 amide bonds. The van der Waals surface area contributed by atoms with Crippen molar-refractivity contribution in [3.8, 4) is 9.88 Å². The van der Waals surface area contributed by atoms with Gasteiger partial charge in [-0.3, -0.25) is 4.79 Å². The van der Waals surface area contributed by atoms with Crippen LogP contribution in [0.15, 0.2) is 22.9 Å². The van der Waals surface area contributed by atoms with E-state index in [0.29, 0.717) is 5.69 Å². The number of amides is 1. The van der Waals surface area contributed by atoms with Crippen LogP contribution in [0.3, 0.4) is 0 Å². The number of nitrogens with zero attached hydrogens (tertiary/aromatic N) is 1. The predicted molar refractivity (Wildman–Crippen MR) is 80.4 cm³/mol. The number of aromatic nitrogens is 1. The van der Waals surface area contributed by atoms with Gasteiger partial charge in [0.15, 0.2) is 6.10 Å². The van der Waals surface area contributed by atoms with Crippen LogP contribution in [-0.2, 0) is 16.0 Å². The number of carboxylic acid groups (broad SMARTS) is 1. The zero-order valence-electron chi connectivity index (χ0n) is 11.0. The molecule has 0 radical (unpaired) electrons. The van der Waals surface area contributed by atoms with Gasteiger partial charge in [-0.2, -0.15) is 0 Å². The van der Waals surface area contributed by atoms with Crippen LogP contribution >= 0.6 is 22.7 Å². The number of carboxylic acids is 1. The molecule has 1 atom stereocenters. The van der Waals surface area contributed by atoms with E-state index >= 15 is 0 Å². The van der Waals surface area contributed by atoms with Crippen molar-refractivity contribution >= 4 is 34.6 Å². The van der Waals surface area contributed by atoms with Gasteiger partial charge in [0.1, 0.15) is 5.01 Å². The molecule has 0 spiro atoms. The highest BCUT2D eigenvalue weighted by molar-refractivity contribution is 7.20. The molecule has 0 saturated heterocycles. The highest BCUT2D eigenvalue weighted by atomic mass is 32.1. The lowest BCUT2D eigenvalue weighted by Crippen LogP contribution is -2.31. The van der Waals surface area contributed by atoms with Gasteiger partial charge in [0.05, 0.1) is 17.0 Å². The minimum atomic E-state index is -1.45. The van der Waals surface area contributed by atoms with Gasteiger partial charge in [-0.1, -0.05) is 6.07 Å². The van der Waals surface area contributed by atoms with Crippen molar-refractivity contribution in [2.24, 2.45) is 0 Å². The monoisotopic (exact) mass is 326 g/mol. The molecule has 2 heterocycles. The second-order valence-corrected chi connectivity index (χ2v) is 6.10. The van der Waals surface area contributed by atoms with Gasteiger partial charge in [-0.15, -0.1) is 22.7 Å². The summed E-state index contributed by atoms with van der Waals surface area (Å²) in [5.74, 6) is -1.53. The van der Waals surface area contributed by atoms with Crippen molar-refractivity contribution < 1.29 is 19.8 Å². The summed E-state index contributed by atoms with van der Waals surface area (Å²) in [4.78, 5) is 27.6. The molecule has 8 heteroatoms. The smallest absolute Gasteiger partial charge is 0.332 e. The van der Waals surface area contributed by atoms with Crippen LogP contribution in [0.1, 0.15) is 12.1 Å². The summed E-state index contributed by atoms with van der Waals surface area (Å²) < 4.78 is 0. The largest absolute Gasteiger partial charge is 0.479 e. The molecule has 2 aromatic heterocycles. The number of carbonyl (C=O) groups is 2. The van der Waals surface area contributed by atoms with Crippen LogP contribution in [0, 0.1) is 0 Å². The molecule has 3 N–H and O–H groups in total. The summed E-state index contributed by atoms with van der Waals surface area (Å²) >= 11 is 3.08. The Labute approximate surface area is 129 Å². The van der Waals surface area contributed by atoms with E-state index < -0.39 is 12.1 Å². The zero-order valence-corrected chi connectivity index (χ0v) is 12.6. The van der Waals surface area contributed by atoms with Gasteiger partial charge in [0, 0.05) is 18.3 Å². The molecule has 0 bridgehead atoms. The van der Waals surface area contributed by atoms with E-state index in [1.54, 1.807) is 11.3 Å². The first-order valence-electron chi connectivity index (χ1n) is 6.22. The molecular weight excluding hydrogens is 312 g/mol. The fourth-order valence-corrected chi connectivity index (χ4v) is 3.23. The number of aliphatic carboxylic acids is 1. The van der Waals surface area contributed by atoms with Crippen LogP contribution in [0.4, 0.5) is 0 Å². The molecule has 1 unspecified atom stereocenters. The Morgan fingerprint density at radius 2 is 2.19 bits per heavy atom. The topological polar surface area (TPSA) is 99.5 Å². The van der Waals surface area contributed by atoms with E-state index in [9.17, 15) is 9.59 Å². The lowest BCUT2D eigenvalue weighted by molar-refractivity contribution is -0.147. The van der Waals surface area contributed by atoms with E-state index in [1.807, 2.05) is 22.9 Å². The zero-order chi connectivity index (χ0) is 15.2. The van der Waals surface area contributed by atoms with Crippen LogP contribution < -0.4 is 5.32 Å². The van der Waals surface area contributed by atoms with Crippen LogP contribution in [0.25, 0.3) is 9.88 Å². The Bertz CT molecular complexity index is 609. The van der Waals surface area contributed by atoms with Gasteiger partial charge >= 0.3 is 5.97 Å². The average Bonchev–Trinajstić information content (AvgIpc) is 3.08. The second-order valence-electron chi connectivity index (χ2n) is 4.29. The number of hydrogen-bond acceptors (Lipinski definition) is 6. The Morgan fingerprint density at radius 1 is 1.38 bits per heavy atom. The molecule has 0 aromatic carbocycles. The molecule has 112 valence electrons. The highest BCUT2D eigenvalue weighted by Crippen LogP contribution is 2.27. The number of nitrogens with one attached hydrogen (secondary N) is 1. The normalized spacial score (nSPS) is 12.0. The van der Waals surface area contributed by atoms with Crippen molar-refractivity contribution in [2.45, 2.75) is 18.9 Å². The lowest BCUT2D eigenvalue weighted by Gasteiger charge is -2.06. The van der Waals surface area contributed by atoms with Crippen LogP contribution in [0.5, 0.6) is 0 Å². The number of aliphatic hydroxyl groups excluding tert-OH is 1. The fourth-order valence-electron chi connectivity index (χ4n) is 1.60. The Kier molecular flexibility index (Phi) is 5.43. The summed E-state index contributed by atoms with van der Waals surface area (Å²) in [7, 11) is 0. The fraction of sp³-hybridized carbons (Fsp3) is 0.308. The first-order chi connectivity index (χ1) is 10.1. The number of rotatable bonds is 7. The van der Waals surface area contributed by atoms with Crippen molar-refractivity contribution in [2.75, 3.05) is 6.54 Å². The number of thiazole rings is 1. The predicted octanol–water partition coefficient (Wildman–Crippen LogP) is 1.37. The molecule has 0 aliphatic rings. The lowest BCUT2D eigenvalue weighted by atomic mass is 10.2. The maximum absolute atomic E-state index is 11.7. The highest BCUT2D eigenvalue weighted by Gasteiger charge is 2.14. The van der Waals surface area contributed by atoms with Crippen molar-refractivity contribution in [1.29, 1.82) is 0 Å². The number of aliphatic hydroxyl groups is 1. The summed E-state index contributed by atoms with van der Waals surface area (Å²) in [6, 6.07) is 3.92. The standard InChI is InChI=1S/C13H14N2O4S2/c16-9(13(18)19)3-4-14-11(17)6-8-7-21-12(15-8)10-2-1-5-20-10/h1-2,5,7,9,16H,3-4,6H2,(H,14,17)(H,18,19). The first-order valence-corrected chi connectivity index (χ1v) is 7.98. The molecule has 0 fully saturated rings. The molecule has 6 nitrogen and oxygen atoms in total. The third-order valence-corrected chi connectivity index (χ3v) is 4.58. The molecule has 0 aliphatic heterocycles. The summed E-state index contributed by atoms with van der Waals surface area (Å²) in [6.45, 7) is 0.119. The SMILES string of the molecule is O=C(Cc1csc(-c2cccs2)n1)NCCC(O)C(=O)O. The molecular formula is C13H14N2O4S2. The first kappa shape index (κ1) is 15.6. The molecule has 2 aromatic rings. The number of carbonyl (C=O) groups excluding carboxylic acids is 1. The number of hydrogen-bond donors (Lipinski definition) is 3. The van der Waals surface area contributed by atoms with Gasteiger partial charge in [0.2, 0.25) is 5.91 Å². The van der Waals surface area contributed by atoms with Crippen molar-refractivity contribution in [3.63, 3.8) is 0 Å². The second kappa shape index (κ2) is 7.30. The van der Waals surface area contributed by atoms with E-state index in [2.05, 4.69) is 10.3 Å². The minimum absolute atomic E-state index is 0.0153. The van der Waals surface area contributed by atoms with Gasteiger partial charge < -0.3 is 15.5 Å². The third-order valence-electron chi connectivity index (χ3n) is 2.65. The van der Waals surface area contributed by atoms with E-state index in [1.165, 1.54) is 11.3 Å². The number of thiophene rings is 1. The summed E-state index contributed by atoms with van der Waals surface area (Å²) in [5.41, 5.74) is 0.680. The quantitative estimate of drug-likeness (QED) is 0.713. The van der Waals surface area contributed by atoms with Crippen LogP contribution in [-0.4, -0.2) is 39.7 Å². The Balaban J connectivity index is 1.79. The minimum Gasteiger partial charge on any atom is -0.479 e. The van der Waals surface area contributed by atoms with E-state index in [4.69, 9.17) is 10.2 Å². The molecule has 0 aliphatic carbocycles. The van der Waals surface area contributed by atoms with Gasteiger partial charge in [0.25, 0.3) is 0 Å². The maximum Gasteiger partial charge on any atom is 0.332 e. The average molecular weight is 326 g/mol. The van der Waals surface area contributed by atoms with Crippen molar-refractivity contribution in [3.05, 3.63) is 28.6 Å². The van der Waals surface area contributed by atoms with Crippen molar-refractivity contribution in [1.82, 2.24) is 10.3 Å². The van der Waals surface area contributed by atoms with E-state index in [0.717, 1.165) is 9.88 Å². The molecule has 2 rings (SSSR count). The summed E-state index contributed by atoms with van der Waals surface area (Å²) in [6.07, 6.45) is -1.32. The summed E-state index contributed by atoms with van der Waals surface area (Å²) in [5, 5.41) is 24.8. The van der Waals surface area contributed by atoms with Crippen LogP contribution in [0.2, 0.25) is 0 Å². The van der Waals surface area contributed by atoms with Gasteiger partial charge in [-0.25, -0.2) is 9.78 Å². The maximum atomic E-state index is 11.7. The molecule has 21 heavy (non-hydrogen) atoms. The Morgan fingerprint density at radius 3 is 2.86 bits per heavy atom. The third kappa shape index (κ3) is 4.62.